The van der Waals surface area contributed by atoms with E-state index in [1.807, 2.05) is 6.92 Å². The number of esters is 1. The van der Waals surface area contributed by atoms with Crippen LogP contribution in [0.25, 0.3) is 0 Å². The molecular weight excluding hydrogens is 381 g/mol. The highest BCUT2D eigenvalue weighted by Crippen LogP contribution is 2.67. The Labute approximate surface area is 173 Å². The molecule has 0 heterocycles. The maximum absolute atomic E-state index is 14.4. The molecule has 4 nitrogen and oxygen atoms in total. The van der Waals surface area contributed by atoms with Crippen molar-refractivity contribution in [2.45, 2.75) is 65.9 Å². The molecule has 0 aromatic heterocycles. The van der Waals surface area contributed by atoms with E-state index >= 15 is 0 Å². The van der Waals surface area contributed by atoms with Crippen LogP contribution in [0.1, 0.15) is 65.9 Å². The highest BCUT2D eigenvalue weighted by molar-refractivity contribution is 5.85. The molecule has 3 rings (SSSR count). The lowest BCUT2D eigenvalue weighted by Gasteiger charge is -2.57. The van der Waals surface area contributed by atoms with Crippen molar-refractivity contribution in [3.8, 4) is 5.75 Å². The van der Waals surface area contributed by atoms with Gasteiger partial charge in [0.1, 0.15) is 11.6 Å². The summed E-state index contributed by atoms with van der Waals surface area (Å²) in [4.78, 5) is 12.2. The quantitative estimate of drug-likeness (QED) is 0.562. The molecule has 0 saturated heterocycles. The van der Waals surface area contributed by atoms with E-state index < -0.39 is 28.2 Å². The van der Waals surface area contributed by atoms with Crippen LogP contribution in [0, 0.1) is 28.0 Å². The Balaban J connectivity index is 0.00000280. The molecule has 0 aliphatic heterocycles. The van der Waals surface area contributed by atoms with Crippen molar-refractivity contribution < 1.29 is 19.0 Å². The van der Waals surface area contributed by atoms with E-state index in [0.717, 1.165) is 19.3 Å². The fourth-order valence-corrected chi connectivity index (χ4v) is 5.15. The van der Waals surface area contributed by atoms with Crippen LogP contribution in [0.4, 0.5) is 4.39 Å². The number of carbonyl (C=O) groups excluding carboxylic acids is 1. The van der Waals surface area contributed by atoms with E-state index in [2.05, 4.69) is 6.92 Å². The Kier molecular flexibility index (Phi) is 5.99. The number of hydrogen-bond acceptors (Lipinski definition) is 4. The summed E-state index contributed by atoms with van der Waals surface area (Å²) >= 11 is 0. The number of ether oxygens (including phenoxy) is 1. The monoisotopic (exact) mass is 413 g/mol. The lowest BCUT2D eigenvalue weighted by Crippen LogP contribution is -2.59. The van der Waals surface area contributed by atoms with Gasteiger partial charge < -0.3 is 15.6 Å². The van der Waals surface area contributed by atoms with Crippen LogP contribution in [0.2, 0.25) is 0 Å². The SMILES string of the molecule is CC(C)(C)C(=O)Oc1cc(F)cc(C2(O)CC3CCC(C)(C3)C2(C)CN)c1.Cl. The first-order chi connectivity index (χ1) is 12.3. The van der Waals surface area contributed by atoms with Gasteiger partial charge in [0, 0.05) is 18.0 Å². The summed E-state index contributed by atoms with van der Waals surface area (Å²) in [5, 5.41) is 11.9. The van der Waals surface area contributed by atoms with E-state index in [0.29, 0.717) is 24.4 Å². The normalized spacial score (nSPS) is 34.6. The molecule has 4 unspecified atom stereocenters. The highest BCUT2D eigenvalue weighted by atomic mass is 35.5. The van der Waals surface area contributed by atoms with Gasteiger partial charge in [-0.15, -0.1) is 12.4 Å². The van der Waals surface area contributed by atoms with Crippen molar-refractivity contribution >= 4 is 18.4 Å². The molecule has 0 radical (unpaired) electrons. The molecule has 28 heavy (non-hydrogen) atoms. The summed E-state index contributed by atoms with van der Waals surface area (Å²) in [5.41, 5.74) is 3.98. The van der Waals surface area contributed by atoms with Crippen LogP contribution in [0.5, 0.6) is 5.75 Å². The van der Waals surface area contributed by atoms with Crippen molar-refractivity contribution in [3.63, 3.8) is 0 Å². The predicted octanol–water partition coefficient (Wildman–Crippen LogP) is 4.56. The summed E-state index contributed by atoms with van der Waals surface area (Å²) in [6, 6.07) is 4.15. The van der Waals surface area contributed by atoms with Gasteiger partial charge in [0.15, 0.2) is 0 Å². The second-order valence-electron chi connectivity index (χ2n) is 10.1. The summed E-state index contributed by atoms with van der Waals surface area (Å²) in [7, 11) is 0. The van der Waals surface area contributed by atoms with Gasteiger partial charge in [-0.05, 0) is 75.5 Å². The molecule has 6 heteroatoms. The van der Waals surface area contributed by atoms with Crippen LogP contribution < -0.4 is 10.5 Å². The predicted molar refractivity (Wildman–Crippen MR) is 110 cm³/mol. The van der Waals surface area contributed by atoms with Crippen LogP contribution in [0.15, 0.2) is 18.2 Å². The first-order valence-corrected chi connectivity index (χ1v) is 9.80. The minimum atomic E-state index is -1.26. The molecule has 2 saturated carbocycles. The number of fused-ring (bicyclic) bond motifs is 2. The molecular formula is C22H33ClFNO3. The summed E-state index contributed by atoms with van der Waals surface area (Å²) in [6.45, 7) is 9.74. The molecule has 0 amide bonds. The van der Waals surface area contributed by atoms with Crippen molar-refractivity contribution in [2.75, 3.05) is 6.54 Å². The number of rotatable bonds is 3. The van der Waals surface area contributed by atoms with Crippen molar-refractivity contribution in [1.82, 2.24) is 0 Å². The molecule has 2 aliphatic rings. The Hall–Kier alpha value is -1.17. The zero-order chi connectivity index (χ0) is 20.3. The van der Waals surface area contributed by atoms with Crippen molar-refractivity contribution in [2.24, 2.45) is 27.9 Å². The lowest BCUT2D eigenvalue weighted by molar-refractivity contribution is -0.172. The van der Waals surface area contributed by atoms with E-state index in [-0.39, 0.29) is 23.6 Å². The zero-order valence-corrected chi connectivity index (χ0v) is 18.3. The number of nitrogens with two attached hydrogens (primary N) is 1. The Morgan fingerprint density at radius 1 is 1.29 bits per heavy atom. The van der Waals surface area contributed by atoms with E-state index in [9.17, 15) is 14.3 Å². The fraction of sp³-hybridized carbons (Fsp3) is 0.682. The van der Waals surface area contributed by atoms with E-state index in [1.165, 1.54) is 12.1 Å². The second kappa shape index (κ2) is 7.26. The summed E-state index contributed by atoms with van der Waals surface area (Å²) < 4.78 is 19.8. The highest BCUT2D eigenvalue weighted by Gasteiger charge is 2.64. The van der Waals surface area contributed by atoms with Gasteiger partial charge in [0.25, 0.3) is 0 Å². The smallest absolute Gasteiger partial charge is 0.316 e. The molecule has 2 aliphatic carbocycles. The minimum absolute atomic E-state index is 0. The molecule has 2 bridgehead atoms. The van der Waals surface area contributed by atoms with Gasteiger partial charge in [-0.3, -0.25) is 4.79 Å². The van der Waals surface area contributed by atoms with E-state index in [4.69, 9.17) is 10.5 Å². The van der Waals surface area contributed by atoms with Gasteiger partial charge >= 0.3 is 5.97 Å². The van der Waals surface area contributed by atoms with Crippen LogP contribution in [-0.4, -0.2) is 17.6 Å². The standard InChI is InChI=1S/C22H32FNO3.ClH/c1-19(2,3)18(25)27-17-9-15(8-16(23)10-17)22(26)12-14-6-7-20(4,11-14)21(22,5)13-24;/h8-10,14,26H,6-7,11-13,24H2,1-5H3;1H. The first kappa shape index (κ1) is 23.1. The average Bonchev–Trinajstić information content (AvgIpc) is 2.90. The third-order valence-corrected chi connectivity index (χ3v) is 7.25. The molecule has 2 fully saturated rings. The molecule has 1 aromatic rings. The Morgan fingerprint density at radius 3 is 2.50 bits per heavy atom. The molecule has 1 aromatic carbocycles. The average molecular weight is 414 g/mol. The topological polar surface area (TPSA) is 72.5 Å². The summed E-state index contributed by atoms with van der Waals surface area (Å²) in [5.74, 6) is -0.451. The maximum Gasteiger partial charge on any atom is 0.316 e. The Morgan fingerprint density at radius 2 is 1.93 bits per heavy atom. The van der Waals surface area contributed by atoms with Gasteiger partial charge in [-0.25, -0.2) is 4.39 Å². The third-order valence-electron chi connectivity index (χ3n) is 7.25. The maximum atomic E-state index is 14.4. The molecule has 0 spiro atoms. The minimum Gasteiger partial charge on any atom is -0.426 e. The number of halogens is 2. The molecule has 158 valence electrons. The van der Waals surface area contributed by atoms with Gasteiger partial charge in [0.05, 0.1) is 11.0 Å². The van der Waals surface area contributed by atoms with Crippen LogP contribution in [0.3, 0.4) is 0 Å². The summed E-state index contributed by atoms with van der Waals surface area (Å²) in [6.07, 6.45) is 3.64. The fourth-order valence-electron chi connectivity index (χ4n) is 5.15. The Bertz CT molecular complexity index is 765. The number of hydrogen-bond donors (Lipinski definition) is 2. The van der Waals surface area contributed by atoms with E-state index in [1.54, 1.807) is 26.8 Å². The second-order valence-corrected chi connectivity index (χ2v) is 10.1. The lowest BCUT2D eigenvalue weighted by atomic mass is 9.50. The third kappa shape index (κ3) is 3.46. The van der Waals surface area contributed by atoms with Crippen LogP contribution >= 0.6 is 12.4 Å². The largest absolute Gasteiger partial charge is 0.426 e. The number of aliphatic hydroxyl groups is 1. The van der Waals surface area contributed by atoms with Crippen LogP contribution in [-0.2, 0) is 10.4 Å². The molecule has 3 N–H and O–H groups in total. The van der Waals surface area contributed by atoms with Crippen molar-refractivity contribution in [1.29, 1.82) is 0 Å². The van der Waals surface area contributed by atoms with Crippen molar-refractivity contribution in [3.05, 3.63) is 29.6 Å². The van der Waals surface area contributed by atoms with Gasteiger partial charge in [-0.1, -0.05) is 13.8 Å². The first-order valence-electron chi connectivity index (χ1n) is 9.80. The van der Waals surface area contributed by atoms with Gasteiger partial charge in [0.2, 0.25) is 0 Å². The zero-order valence-electron chi connectivity index (χ0n) is 17.5. The van der Waals surface area contributed by atoms with Gasteiger partial charge in [-0.2, -0.15) is 0 Å². The number of benzene rings is 1. The molecule has 4 atom stereocenters. The number of carbonyl (C=O) groups is 1.